The quantitative estimate of drug-likeness (QED) is 0.917. The maximum atomic E-state index is 11.4. The van der Waals surface area contributed by atoms with Crippen molar-refractivity contribution in [2.45, 2.75) is 46.6 Å². The topological polar surface area (TPSA) is 45.5 Å². The van der Waals surface area contributed by atoms with Crippen molar-refractivity contribution in [3.63, 3.8) is 0 Å². The summed E-state index contributed by atoms with van der Waals surface area (Å²) in [6, 6.07) is 3.66. The van der Waals surface area contributed by atoms with Gasteiger partial charge < -0.3 is 14.6 Å². The number of aromatic carboxylic acids is 1. The van der Waals surface area contributed by atoms with Crippen molar-refractivity contribution in [3.05, 3.63) is 34.5 Å². The smallest absolute Gasteiger partial charge is 0.335 e. The summed E-state index contributed by atoms with van der Waals surface area (Å²) in [5, 5.41) is 10.5. The van der Waals surface area contributed by atoms with E-state index in [1.54, 1.807) is 6.07 Å². The molecule has 1 N–H and O–H groups in total. The molecule has 4 heteroatoms. The minimum absolute atomic E-state index is 0.394. The van der Waals surface area contributed by atoms with Crippen LogP contribution >= 0.6 is 0 Å². The molecule has 0 bridgehead atoms. The molecular formula is C19H26N2O2. The van der Waals surface area contributed by atoms with Gasteiger partial charge in [-0.3, -0.25) is 0 Å². The first-order valence-electron chi connectivity index (χ1n) is 8.61. The summed E-state index contributed by atoms with van der Waals surface area (Å²) in [6.07, 6.45) is 3.60. The average Bonchev–Trinajstić information content (AvgIpc) is 3.11. The van der Waals surface area contributed by atoms with E-state index < -0.39 is 5.97 Å². The molecule has 1 aromatic carbocycles. The third-order valence-electron chi connectivity index (χ3n) is 5.18. The summed E-state index contributed by atoms with van der Waals surface area (Å²) in [7, 11) is 0. The number of aromatic nitrogens is 1. The third-order valence-corrected chi connectivity index (χ3v) is 5.18. The van der Waals surface area contributed by atoms with Gasteiger partial charge in [-0.15, -0.1) is 0 Å². The molecule has 124 valence electrons. The predicted octanol–water partition coefficient (Wildman–Crippen LogP) is 3.61. The van der Waals surface area contributed by atoms with Crippen molar-refractivity contribution in [1.82, 2.24) is 9.47 Å². The van der Waals surface area contributed by atoms with Gasteiger partial charge in [0, 0.05) is 24.2 Å². The maximum Gasteiger partial charge on any atom is 0.335 e. The lowest BCUT2D eigenvalue weighted by Gasteiger charge is -2.14. The first kappa shape index (κ1) is 16.1. The fourth-order valence-corrected chi connectivity index (χ4v) is 4.00. The van der Waals surface area contributed by atoms with Gasteiger partial charge in [0.2, 0.25) is 0 Å². The molecule has 0 amide bonds. The summed E-state index contributed by atoms with van der Waals surface area (Å²) in [6.45, 7) is 10.7. The number of hydrogen-bond donors (Lipinski definition) is 1. The van der Waals surface area contributed by atoms with Crippen LogP contribution in [0.1, 0.15) is 46.9 Å². The van der Waals surface area contributed by atoms with Gasteiger partial charge in [-0.2, -0.15) is 0 Å². The highest BCUT2D eigenvalue weighted by Crippen LogP contribution is 2.30. The Morgan fingerprint density at radius 2 is 1.91 bits per heavy atom. The van der Waals surface area contributed by atoms with Crippen LogP contribution in [-0.4, -0.2) is 40.2 Å². The molecule has 1 aromatic heterocycles. The number of hydrogen-bond acceptors (Lipinski definition) is 2. The van der Waals surface area contributed by atoms with Crippen LogP contribution in [0.3, 0.4) is 0 Å². The zero-order chi connectivity index (χ0) is 16.6. The fourth-order valence-electron chi connectivity index (χ4n) is 4.00. The normalized spacial score (nSPS) is 15.6. The van der Waals surface area contributed by atoms with Crippen LogP contribution in [0.2, 0.25) is 0 Å². The Balaban J connectivity index is 2.06. The molecule has 0 spiro atoms. The Labute approximate surface area is 137 Å². The first-order chi connectivity index (χ1) is 11.0. The van der Waals surface area contributed by atoms with Gasteiger partial charge in [-0.25, -0.2) is 4.79 Å². The van der Waals surface area contributed by atoms with Gasteiger partial charge in [-0.05, 0) is 76.4 Å². The zero-order valence-electron chi connectivity index (χ0n) is 14.4. The van der Waals surface area contributed by atoms with Gasteiger partial charge in [0.1, 0.15) is 0 Å². The van der Waals surface area contributed by atoms with Crippen LogP contribution in [0, 0.1) is 13.8 Å². The Bertz CT molecular complexity index is 740. The molecule has 1 aliphatic heterocycles. The van der Waals surface area contributed by atoms with Gasteiger partial charge in [0.15, 0.2) is 0 Å². The van der Waals surface area contributed by atoms with Crippen LogP contribution in [0.5, 0.6) is 0 Å². The van der Waals surface area contributed by atoms with Crippen molar-refractivity contribution < 1.29 is 9.90 Å². The summed E-state index contributed by atoms with van der Waals surface area (Å²) in [5.41, 5.74) is 5.25. The van der Waals surface area contributed by atoms with Gasteiger partial charge in [0.25, 0.3) is 0 Å². The monoisotopic (exact) mass is 314 g/mol. The van der Waals surface area contributed by atoms with Crippen molar-refractivity contribution in [2.75, 3.05) is 19.6 Å². The van der Waals surface area contributed by atoms with E-state index in [2.05, 4.69) is 23.3 Å². The Hall–Kier alpha value is -1.81. The molecule has 0 atom stereocenters. The molecule has 0 radical (unpaired) electrons. The van der Waals surface area contributed by atoms with Gasteiger partial charge in [0.05, 0.1) is 11.1 Å². The minimum atomic E-state index is -0.845. The largest absolute Gasteiger partial charge is 0.478 e. The highest BCUT2D eigenvalue weighted by Gasteiger charge is 2.19. The molecule has 1 aliphatic rings. The van der Waals surface area contributed by atoms with Crippen LogP contribution in [0.15, 0.2) is 12.1 Å². The van der Waals surface area contributed by atoms with E-state index in [1.165, 1.54) is 42.7 Å². The summed E-state index contributed by atoms with van der Waals surface area (Å²) in [4.78, 5) is 13.9. The van der Waals surface area contributed by atoms with Crippen molar-refractivity contribution in [2.24, 2.45) is 0 Å². The summed E-state index contributed by atoms with van der Waals surface area (Å²) >= 11 is 0. The molecule has 0 saturated carbocycles. The minimum Gasteiger partial charge on any atom is -0.478 e. The second-order valence-electron chi connectivity index (χ2n) is 6.60. The van der Waals surface area contributed by atoms with E-state index in [0.717, 1.165) is 30.5 Å². The molecule has 23 heavy (non-hydrogen) atoms. The van der Waals surface area contributed by atoms with Gasteiger partial charge in [-0.1, -0.05) is 0 Å². The first-order valence-corrected chi connectivity index (χ1v) is 8.61. The molecule has 3 rings (SSSR count). The molecular weight excluding hydrogens is 288 g/mol. The van der Waals surface area contributed by atoms with E-state index in [9.17, 15) is 9.90 Å². The van der Waals surface area contributed by atoms with Crippen LogP contribution < -0.4 is 0 Å². The lowest BCUT2D eigenvalue weighted by Crippen LogP contribution is -2.22. The molecule has 2 aromatic rings. The van der Waals surface area contributed by atoms with Crippen LogP contribution in [0.25, 0.3) is 10.9 Å². The number of nitrogens with zero attached hydrogens (tertiary/aromatic N) is 2. The van der Waals surface area contributed by atoms with Crippen molar-refractivity contribution in [1.29, 1.82) is 0 Å². The average molecular weight is 314 g/mol. The van der Waals surface area contributed by atoms with Crippen LogP contribution in [-0.2, 0) is 13.0 Å². The van der Waals surface area contributed by atoms with E-state index in [1.807, 2.05) is 13.0 Å². The Kier molecular flexibility index (Phi) is 4.44. The number of likely N-dealkylation sites (tertiary alicyclic amines) is 1. The fraction of sp³-hybridized carbons (Fsp3) is 0.526. The standard InChI is InChI=1S/C19H26N2O2/c1-4-21-14(3)16(7-10-20-8-5-6-9-20)17-12-15(19(22)23)11-13(2)18(17)21/h11-12H,4-10H2,1-3H3,(H,22,23). The number of aryl methyl sites for hydroxylation is 2. The second kappa shape index (κ2) is 6.36. The predicted molar refractivity (Wildman–Crippen MR) is 93.4 cm³/mol. The van der Waals surface area contributed by atoms with E-state index in [4.69, 9.17) is 0 Å². The van der Waals surface area contributed by atoms with E-state index >= 15 is 0 Å². The zero-order valence-corrected chi connectivity index (χ0v) is 14.4. The highest BCUT2D eigenvalue weighted by atomic mass is 16.4. The molecule has 0 aliphatic carbocycles. The SMILES string of the molecule is CCn1c(C)c(CCN2CCCC2)c2cc(C(=O)O)cc(C)c21. The third kappa shape index (κ3) is 2.88. The number of fused-ring (bicyclic) bond motifs is 1. The Morgan fingerprint density at radius 1 is 1.22 bits per heavy atom. The van der Waals surface area contributed by atoms with Gasteiger partial charge >= 0.3 is 5.97 Å². The molecule has 2 heterocycles. The number of benzene rings is 1. The highest BCUT2D eigenvalue weighted by molar-refractivity contribution is 5.97. The molecule has 0 unspecified atom stereocenters. The van der Waals surface area contributed by atoms with Crippen LogP contribution in [0.4, 0.5) is 0 Å². The Morgan fingerprint density at radius 3 is 2.52 bits per heavy atom. The lowest BCUT2D eigenvalue weighted by molar-refractivity contribution is 0.0697. The number of carboxylic acid groups (broad SMARTS) is 1. The van der Waals surface area contributed by atoms with Crippen molar-refractivity contribution in [3.8, 4) is 0 Å². The lowest BCUT2D eigenvalue weighted by atomic mass is 10.0. The number of rotatable bonds is 5. The summed E-state index contributed by atoms with van der Waals surface area (Å²) < 4.78 is 2.33. The maximum absolute atomic E-state index is 11.4. The molecule has 4 nitrogen and oxygen atoms in total. The molecule has 1 fully saturated rings. The number of carboxylic acids is 1. The van der Waals surface area contributed by atoms with E-state index in [-0.39, 0.29) is 0 Å². The summed E-state index contributed by atoms with van der Waals surface area (Å²) in [5.74, 6) is -0.845. The molecule has 1 saturated heterocycles. The van der Waals surface area contributed by atoms with E-state index in [0.29, 0.717) is 5.56 Å². The van der Waals surface area contributed by atoms with Crippen molar-refractivity contribution >= 4 is 16.9 Å². The second-order valence-corrected chi connectivity index (χ2v) is 6.60. The number of carbonyl (C=O) groups is 1.